The molecule has 5 nitrogen and oxygen atoms in total. The third-order valence-corrected chi connectivity index (χ3v) is 5.47. The number of Topliss-reactive ketones (excluding diaryl/α,β-unsaturated/α-hetero) is 1. The summed E-state index contributed by atoms with van der Waals surface area (Å²) in [5.74, 6) is 0.429. The van der Waals surface area contributed by atoms with Gasteiger partial charge in [-0.3, -0.25) is 4.79 Å². The summed E-state index contributed by atoms with van der Waals surface area (Å²) in [6.07, 6.45) is 0. The van der Waals surface area contributed by atoms with Gasteiger partial charge in [-0.05, 0) is 44.2 Å². The number of thioether (sulfide) groups is 1. The zero-order valence-corrected chi connectivity index (χ0v) is 16.3. The van der Waals surface area contributed by atoms with E-state index in [0.717, 1.165) is 22.2 Å². The Morgan fingerprint density at radius 3 is 2.67 bits per heavy atom. The van der Waals surface area contributed by atoms with Crippen molar-refractivity contribution in [3.8, 4) is 11.5 Å². The maximum Gasteiger partial charge on any atom is 0.277 e. The molecule has 0 fully saturated rings. The number of aromatic amines is 1. The minimum Gasteiger partial charge on any atom is -0.411 e. The number of H-pyrrole nitrogens is 1. The van der Waals surface area contributed by atoms with Gasteiger partial charge in [0.25, 0.3) is 5.22 Å². The Balaban J connectivity index is 1.55. The van der Waals surface area contributed by atoms with Crippen molar-refractivity contribution < 1.29 is 9.21 Å². The summed E-state index contributed by atoms with van der Waals surface area (Å²) in [7, 11) is 0. The Kier molecular flexibility index (Phi) is 4.76. The summed E-state index contributed by atoms with van der Waals surface area (Å²) in [6, 6.07) is 15.0. The van der Waals surface area contributed by atoms with Crippen LogP contribution in [0.25, 0.3) is 22.4 Å². The Labute approximate surface area is 165 Å². The molecule has 0 radical (unpaired) electrons. The number of nitrogens with one attached hydrogen (secondary N) is 1. The summed E-state index contributed by atoms with van der Waals surface area (Å²) >= 11 is 7.16. The Morgan fingerprint density at radius 1 is 1.15 bits per heavy atom. The first-order valence-electron chi connectivity index (χ1n) is 8.40. The van der Waals surface area contributed by atoms with Crippen LogP contribution in [0.2, 0.25) is 5.02 Å². The van der Waals surface area contributed by atoms with Crippen LogP contribution in [0.4, 0.5) is 0 Å². The number of rotatable bonds is 5. The van der Waals surface area contributed by atoms with Crippen molar-refractivity contribution in [3.05, 3.63) is 64.8 Å². The monoisotopic (exact) mass is 397 g/mol. The Bertz CT molecular complexity index is 1120. The number of carbonyl (C=O) groups excluding carboxylic acids is 1. The lowest BCUT2D eigenvalue weighted by Gasteiger charge is -2.07. The molecule has 0 unspecified atom stereocenters. The largest absolute Gasteiger partial charge is 0.411 e. The Hall–Kier alpha value is -2.57. The van der Waals surface area contributed by atoms with Crippen LogP contribution in [0.3, 0.4) is 0 Å². The molecule has 0 aliphatic heterocycles. The maximum atomic E-state index is 13.0. The highest BCUT2D eigenvalue weighted by molar-refractivity contribution is 8.00. The first-order chi connectivity index (χ1) is 13.0. The molecule has 0 aliphatic rings. The maximum absolute atomic E-state index is 13.0. The standard InChI is InChI=1S/C20H16ClN3O2S/c1-11-17(15-5-3-4-6-16(15)22-11)18(25)12(2)27-20-24-23-19(26-20)13-7-9-14(21)10-8-13/h3-10,12,22H,1-2H3/t12-/m0/s1. The van der Waals surface area contributed by atoms with Crippen LogP contribution >= 0.6 is 23.4 Å². The molecule has 2 aromatic heterocycles. The number of ketones is 1. The van der Waals surface area contributed by atoms with E-state index in [0.29, 0.717) is 21.7 Å². The third-order valence-electron chi connectivity index (χ3n) is 4.28. The second-order valence-corrected chi connectivity index (χ2v) is 7.90. The number of nitrogens with zero attached hydrogens (tertiary/aromatic N) is 2. The molecular weight excluding hydrogens is 382 g/mol. The van der Waals surface area contributed by atoms with Crippen LogP contribution in [-0.4, -0.2) is 26.2 Å². The summed E-state index contributed by atoms with van der Waals surface area (Å²) in [5, 5.41) is 9.69. The SMILES string of the molecule is Cc1[nH]c2ccccc2c1C(=O)[C@H](C)Sc1nnc(-c2ccc(Cl)cc2)o1. The molecule has 27 heavy (non-hydrogen) atoms. The van der Waals surface area contributed by atoms with Crippen LogP contribution in [0.1, 0.15) is 23.0 Å². The van der Waals surface area contributed by atoms with E-state index in [9.17, 15) is 4.79 Å². The van der Waals surface area contributed by atoms with E-state index in [2.05, 4.69) is 15.2 Å². The fourth-order valence-electron chi connectivity index (χ4n) is 2.97. The summed E-state index contributed by atoms with van der Waals surface area (Å²) < 4.78 is 5.70. The topological polar surface area (TPSA) is 71.8 Å². The van der Waals surface area contributed by atoms with E-state index in [1.165, 1.54) is 11.8 Å². The molecule has 4 aromatic rings. The van der Waals surface area contributed by atoms with Gasteiger partial charge in [0, 0.05) is 32.7 Å². The molecule has 0 bridgehead atoms. The molecule has 1 N–H and O–H groups in total. The fourth-order valence-corrected chi connectivity index (χ4v) is 3.84. The van der Waals surface area contributed by atoms with Gasteiger partial charge in [-0.25, -0.2) is 0 Å². The molecule has 0 aliphatic carbocycles. The van der Waals surface area contributed by atoms with Crippen molar-refractivity contribution in [2.24, 2.45) is 0 Å². The normalized spacial score (nSPS) is 12.4. The predicted octanol–water partition coefficient (Wildman–Crippen LogP) is 5.54. The van der Waals surface area contributed by atoms with Gasteiger partial charge in [0.2, 0.25) is 5.89 Å². The molecule has 1 atom stereocenters. The van der Waals surface area contributed by atoms with Gasteiger partial charge in [-0.2, -0.15) is 0 Å². The molecule has 0 spiro atoms. The fraction of sp³-hybridized carbons (Fsp3) is 0.150. The minimum absolute atomic E-state index is 0.0289. The number of hydrogen-bond acceptors (Lipinski definition) is 5. The molecule has 4 rings (SSSR count). The third kappa shape index (κ3) is 3.50. The predicted molar refractivity (Wildman–Crippen MR) is 107 cm³/mol. The van der Waals surface area contributed by atoms with Crippen molar-refractivity contribution in [3.63, 3.8) is 0 Å². The number of halogens is 1. The van der Waals surface area contributed by atoms with Gasteiger partial charge in [0.1, 0.15) is 0 Å². The molecule has 0 amide bonds. The first-order valence-corrected chi connectivity index (χ1v) is 9.66. The number of benzene rings is 2. The van der Waals surface area contributed by atoms with Crippen LogP contribution < -0.4 is 0 Å². The van der Waals surface area contributed by atoms with E-state index in [1.54, 1.807) is 12.1 Å². The van der Waals surface area contributed by atoms with Gasteiger partial charge in [-0.1, -0.05) is 41.6 Å². The van der Waals surface area contributed by atoms with E-state index in [4.69, 9.17) is 16.0 Å². The highest BCUT2D eigenvalue weighted by Gasteiger charge is 2.24. The molecular formula is C20H16ClN3O2S. The summed E-state index contributed by atoms with van der Waals surface area (Å²) in [5.41, 5.74) is 3.31. The Morgan fingerprint density at radius 2 is 1.89 bits per heavy atom. The molecule has 136 valence electrons. The van der Waals surface area contributed by atoms with Crippen LogP contribution in [-0.2, 0) is 0 Å². The van der Waals surface area contributed by atoms with Gasteiger partial charge >= 0.3 is 0 Å². The highest BCUT2D eigenvalue weighted by atomic mass is 35.5. The average molecular weight is 398 g/mol. The van der Waals surface area contributed by atoms with Gasteiger partial charge in [0.15, 0.2) is 5.78 Å². The number of carbonyl (C=O) groups is 1. The van der Waals surface area contributed by atoms with Crippen molar-refractivity contribution in [1.29, 1.82) is 0 Å². The molecule has 0 saturated carbocycles. The second-order valence-electron chi connectivity index (χ2n) is 6.17. The van der Waals surface area contributed by atoms with Crippen molar-refractivity contribution in [2.45, 2.75) is 24.3 Å². The smallest absolute Gasteiger partial charge is 0.277 e. The van der Waals surface area contributed by atoms with Crippen molar-refractivity contribution >= 4 is 40.0 Å². The molecule has 2 heterocycles. The molecule has 2 aromatic carbocycles. The quantitative estimate of drug-likeness (QED) is 0.353. The highest BCUT2D eigenvalue weighted by Crippen LogP contribution is 2.31. The lowest BCUT2D eigenvalue weighted by atomic mass is 10.1. The lowest BCUT2D eigenvalue weighted by molar-refractivity contribution is 0.0994. The van der Waals surface area contributed by atoms with E-state index >= 15 is 0 Å². The van der Waals surface area contributed by atoms with E-state index in [1.807, 2.05) is 50.2 Å². The number of hydrogen-bond donors (Lipinski definition) is 1. The second kappa shape index (κ2) is 7.21. The van der Waals surface area contributed by atoms with Crippen molar-refractivity contribution in [2.75, 3.05) is 0 Å². The number of aromatic nitrogens is 3. The minimum atomic E-state index is -0.360. The lowest BCUT2D eigenvalue weighted by Crippen LogP contribution is -2.14. The zero-order chi connectivity index (χ0) is 19.0. The van der Waals surface area contributed by atoms with Crippen LogP contribution in [0.5, 0.6) is 0 Å². The summed E-state index contributed by atoms with van der Waals surface area (Å²) in [6.45, 7) is 3.76. The molecule has 0 saturated heterocycles. The van der Waals surface area contributed by atoms with Gasteiger partial charge in [-0.15, -0.1) is 10.2 Å². The van der Waals surface area contributed by atoms with Crippen LogP contribution in [0.15, 0.2) is 58.2 Å². The number of para-hydroxylation sites is 1. The number of fused-ring (bicyclic) bond motifs is 1. The summed E-state index contributed by atoms with van der Waals surface area (Å²) in [4.78, 5) is 16.3. The number of aryl methyl sites for hydroxylation is 1. The first kappa shape index (κ1) is 17.8. The van der Waals surface area contributed by atoms with Crippen LogP contribution in [0, 0.1) is 6.92 Å². The average Bonchev–Trinajstić information content (AvgIpc) is 3.25. The van der Waals surface area contributed by atoms with E-state index < -0.39 is 0 Å². The van der Waals surface area contributed by atoms with Crippen molar-refractivity contribution in [1.82, 2.24) is 15.2 Å². The van der Waals surface area contributed by atoms with E-state index in [-0.39, 0.29) is 11.0 Å². The zero-order valence-electron chi connectivity index (χ0n) is 14.7. The van der Waals surface area contributed by atoms with Gasteiger partial charge in [0.05, 0.1) is 5.25 Å². The molecule has 7 heteroatoms. The van der Waals surface area contributed by atoms with Gasteiger partial charge < -0.3 is 9.40 Å².